The number of ether oxygens (including phenoxy) is 1. The molecule has 3 rings (SSSR count). The maximum atomic E-state index is 9.35. The van der Waals surface area contributed by atoms with Crippen molar-refractivity contribution in [1.82, 2.24) is 5.32 Å². The molecule has 1 saturated heterocycles. The van der Waals surface area contributed by atoms with Crippen LogP contribution in [0.5, 0.6) is 11.5 Å². The first-order chi connectivity index (χ1) is 6.77. The van der Waals surface area contributed by atoms with Gasteiger partial charge in [-0.2, -0.15) is 0 Å². The maximum absolute atomic E-state index is 9.35. The largest absolute Gasteiger partial charge is 0.508 e. The van der Waals surface area contributed by atoms with Crippen molar-refractivity contribution in [2.24, 2.45) is 0 Å². The van der Waals surface area contributed by atoms with Gasteiger partial charge in [-0.1, -0.05) is 6.07 Å². The number of rotatable bonds is 0. The van der Waals surface area contributed by atoms with Crippen molar-refractivity contribution in [3.8, 4) is 11.5 Å². The average Bonchev–Trinajstić information content (AvgIpc) is 2.14. The van der Waals surface area contributed by atoms with Crippen LogP contribution in [0.3, 0.4) is 0 Å². The number of nitrogens with one attached hydrogen (secondary N) is 1. The molecule has 0 saturated carbocycles. The van der Waals surface area contributed by atoms with Gasteiger partial charge in [0.25, 0.3) is 0 Å². The summed E-state index contributed by atoms with van der Waals surface area (Å²) in [6.45, 7) is 1.87. The lowest BCUT2D eigenvalue weighted by Gasteiger charge is -2.45. The predicted molar refractivity (Wildman–Crippen MR) is 52.7 cm³/mol. The minimum atomic E-state index is 0.0147. The van der Waals surface area contributed by atoms with E-state index in [1.807, 2.05) is 6.07 Å². The molecule has 1 fully saturated rings. The van der Waals surface area contributed by atoms with Gasteiger partial charge in [-0.05, 0) is 24.5 Å². The van der Waals surface area contributed by atoms with Crippen LogP contribution in [0, 0.1) is 0 Å². The summed E-state index contributed by atoms with van der Waals surface area (Å²) in [6, 6.07) is 5.39. The number of hydrogen-bond acceptors (Lipinski definition) is 3. The lowest BCUT2D eigenvalue weighted by molar-refractivity contribution is -0.00248. The highest BCUT2D eigenvalue weighted by Gasteiger charge is 2.41. The predicted octanol–water partition coefficient (Wildman–Crippen LogP) is 1.06. The first kappa shape index (κ1) is 8.12. The molecule has 0 bridgehead atoms. The van der Waals surface area contributed by atoms with E-state index in [2.05, 4.69) is 5.32 Å². The highest BCUT2D eigenvalue weighted by Crippen LogP contribution is 2.37. The van der Waals surface area contributed by atoms with Crippen LogP contribution in [0.4, 0.5) is 0 Å². The third kappa shape index (κ3) is 1.09. The summed E-state index contributed by atoms with van der Waals surface area (Å²) in [4.78, 5) is 0. The van der Waals surface area contributed by atoms with Gasteiger partial charge < -0.3 is 15.2 Å². The Bertz CT molecular complexity index is 372. The van der Waals surface area contributed by atoms with Crippen molar-refractivity contribution >= 4 is 0 Å². The number of fused-ring (bicyclic) bond motifs is 1. The molecule has 0 aromatic heterocycles. The van der Waals surface area contributed by atoms with E-state index in [9.17, 15) is 5.11 Å². The zero-order valence-corrected chi connectivity index (χ0v) is 7.92. The van der Waals surface area contributed by atoms with Gasteiger partial charge in [-0.15, -0.1) is 0 Å². The molecule has 3 nitrogen and oxygen atoms in total. The Kier molecular flexibility index (Phi) is 1.53. The van der Waals surface area contributed by atoms with E-state index in [1.54, 1.807) is 12.1 Å². The highest BCUT2D eigenvalue weighted by atomic mass is 16.5. The molecule has 0 unspecified atom stereocenters. The maximum Gasteiger partial charge on any atom is 0.134 e. The number of aryl methyl sites for hydroxylation is 1. The second-order valence-corrected chi connectivity index (χ2v) is 4.18. The number of phenolic OH excluding ortho intramolecular Hbond substituents is 1. The molecule has 14 heavy (non-hydrogen) atoms. The van der Waals surface area contributed by atoms with Crippen LogP contribution >= 0.6 is 0 Å². The van der Waals surface area contributed by atoms with Gasteiger partial charge in [-0.3, -0.25) is 0 Å². The van der Waals surface area contributed by atoms with Gasteiger partial charge in [0.15, 0.2) is 0 Å². The van der Waals surface area contributed by atoms with Crippen molar-refractivity contribution in [1.29, 1.82) is 0 Å². The first-order valence-corrected chi connectivity index (χ1v) is 4.99. The Labute approximate surface area is 82.7 Å². The van der Waals surface area contributed by atoms with Crippen molar-refractivity contribution in [2.75, 3.05) is 13.1 Å². The lowest BCUT2D eigenvalue weighted by atomic mass is 9.86. The Morgan fingerprint density at radius 3 is 2.93 bits per heavy atom. The summed E-state index contributed by atoms with van der Waals surface area (Å²) < 4.78 is 5.91. The minimum absolute atomic E-state index is 0.0147. The summed E-state index contributed by atoms with van der Waals surface area (Å²) in [7, 11) is 0. The number of aromatic hydroxyl groups is 1. The second kappa shape index (κ2) is 2.64. The summed E-state index contributed by atoms with van der Waals surface area (Å²) in [5, 5.41) is 12.6. The van der Waals surface area contributed by atoms with Gasteiger partial charge in [0, 0.05) is 19.2 Å². The molecule has 3 heteroatoms. The van der Waals surface area contributed by atoms with Crippen molar-refractivity contribution in [3.63, 3.8) is 0 Å². The Morgan fingerprint density at radius 1 is 1.36 bits per heavy atom. The molecule has 2 heterocycles. The molecule has 2 aliphatic rings. The smallest absolute Gasteiger partial charge is 0.134 e. The van der Waals surface area contributed by atoms with Crippen LogP contribution in [0.25, 0.3) is 0 Å². The van der Waals surface area contributed by atoms with Crippen molar-refractivity contribution in [2.45, 2.75) is 18.4 Å². The Balaban J connectivity index is 1.96. The monoisotopic (exact) mass is 191 g/mol. The second-order valence-electron chi connectivity index (χ2n) is 4.18. The lowest BCUT2D eigenvalue weighted by Crippen LogP contribution is -2.64. The molecule has 2 N–H and O–H groups in total. The fourth-order valence-corrected chi connectivity index (χ4v) is 2.14. The molecule has 1 spiro atoms. The zero-order chi connectivity index (χ0) is 9.60. The van der Waals surface area contributed by atoms with Crippen LogP contribution in [-0.2, 0) is 6.42 Å². The van der Waals surface area contributed by atoms with E-state index >= 15 is 0 Å². The van der Waals surface area contributed by atoms with Crippen molar-refractivity contribution < 1.29 is 9.84 Å². The standard InChI is InChI=1S/C11H13NO2/c13-9-2-1-8-3-4-11(6-12-7-11)14-10(8)5-9/h1-2,5,12-13H,3-4,6-7H2. The molecule has 0 atom stereocenters. The van der Waals surface area contributed by atoms with E-state index < -0.39 is 0 Å². The van der Waals surface area contributed by atoms with Gasteiger partial charge in [0.1, 0.15) is 17.1 Å². The molecular formula is C11H13NO2. The zero-order valence-electron chi connectivity index (χ0n) is 7.92. The molecule has 0 amide bonds. The molecular weight excluding hydrogens is 178 g/mol. The van der Waals surface area contributed by atoms with Crippen molar-refractivity contribution in [3.05, 3.63) is 23.8 Å². The summed E-state index contributed by atoms with van der Waals surface area (Å²) in [6.07, 6.45) is 2.13. The van der Waals surface area contributed by atoms with E-state index in [1.165, 1.54) is 5.56 Å². The molecule has 1 aromatic rings. The number of benzene rings is 1. The molecule has 0 aliphatic carbocycles. The van der Waals surface area contributed by atoms with Crippen LogP contribution in [-0.4, -0.2) is 23.8 Å². The Morgan fingerprint density at radius 2 is 2.21 bits per heavy atom. The Hall–Kier alpha value is -1.22. The first-order valence-electron chi connectivity index (χ1n) is 4.99. The summed E-state index contributed by atoms with van der Waals surface area (Å²) >= 11 is 0. The van der Waals surface area contributed by atoms with Gasteiger partial charge in [0.2, 0.25) is 0 Å². The number of phenols is 1. The third-order valence-electron chi connectivity index (χ3n) is 3.12. The average molecular weight is 191 g/mol. The summed E-state index contributed by atoms with van der Waals surface area (Å²) in [5.41, 5.74) is 1.22. The van der Waals surface area contributed by atoms with E-state index in [4.69, 9.17) is 4.74 Å². The van der Waals surface area contributed by atoms with Gasteiger partial charge in [0.05, 0.1) is 0 Å². The molecule has 2 aliphatic heterocycles. The third-order valence-corrected chi connectivity index (χ3v) is 3.12. The van der Waals surface area contributed by atoms with E-state index in [0.29, 0.717) is 0 Å². The van der Waals surface area contributed by atoms with E-state index in [0.717, 1.165) is 31.7 Å². The fraction of sp³-hybridized carbons (Fsp3) is 0.455. The minimum Gasteiger partial charge on any atom is -0.508 e. The molecule has 1 aromatic carbocycles. The van der Waals surface area contributed by atoms with Crippen LogP contribution in [0.15, 0.2) is 18.2 Å². The van der Waals surface area contributed by atoms with Crippen LogP contribution < -0.4 is 10.1 Å². The quantitative estimate of drug-likeness (QED) is 0.644. The fourth-order valence-electron chi connectivity index (χ4n) is 2.14. The number of hydrogen-bond donors (Lipinski definition) is 2. The van der Waals surface area contributed by atoms with Gasteiger partial charge in [-0.25, -0.2) is 0 Å². The SMILES string of the molecule is Oc1ccc2c(c1)OC1(CC2)CNC1. The highest BCUT2D eigenvalue weighted by molar-refractivity contribution is 5.42. The van der Waals surface area contributed by atoms with Crippen LogP contribution in [0.2, 0.25) is 0 Å². The van der Waals surface area contributed by atoms with Crippen LogP contribution in [0.1, 0.15) is 12.0 Å². The summed E-state index contributed by atoms with van der Waals surface area (Å²) in [5.74, 6) is 1.14. The topological polar surface area (TPSA) is 41.5 Å². The van der Waals surface area contributed by atoms with Gasteiger partial charge >= 0.3 is 0 Å². The van der Waals surface area contributed by atoms with E-state index in [-0.39, 0.29) is 11.4 Å². The normalized spacial score (nSPS) is 22.3. The molecule has 74 valence electrons. The molecule has 0 radical (unpaired) electrons.